The van der Waals surface area contributed by atoms with Crippen LogP contribution in [0.5, 0.6) is 5.75 Å². The molecule has 0 unspecified atom stereocenters. The number of anilines is 1. The number of benzene rings is 1. The maximum absolute atomic E-state index is 10.2. The van der Waals surface area contributed by atoms with Crippen molar-refractivity contribution in [3.63, 3.8) is 0 Å². The third-order valence-electron chi connectivity index (χ3n) is 1.46. The van der Waals surface area contributed by atoms with Crippen LogP contribution in [0.25, 0.3) is 0 Å². The summed E-state index contributed by atoms with van der Waals surface area (Å²) in [5.41, 5.74) is 0.587. The SMILES string of the molecule is CCOc1ccc(Cl)cc1NC=O. The van der Waals surface area contributed by atoms with E-state index in [0.29, 0.717) is 29.5 Å². The maximum atomic E-state index is 10.2. The highest BCUT2D eigenvalue weighted by Gasteiger charge is 2.02. The summed E-state index contributed by atoms with van der Waals surface area (Å²) < 4.78 is 5.26. The van der Waals surface area contributed by atoms with Crippen LogP contribution in [0.1, 0.15) is 6.92 Å². The molecule has 1 rings (SSSR count). The van der Waals surface area contributed by atoms with E-state index in [1.807, 2.05) is 6.92 Å². The number of ether oxygens (including phenoxy) is 1. The molecule has 0 spiro atoms. The lowest BCUT2D eigenvalue weighted by Gasteiger charge is -2.08. The number of halogens is 1. The number of amides is 1. The number of carbonyl (C=O) groups is 1. The molecule has 0 heterocycles. The van der Waals surface area contributed by atoms with Crippen molar-refractivity contribution >= 4 is 23.7 Å². The van der Waals surface area contributed by atoms with Crippen LogP contribution in [0.2, 0.25) is 5.02 Å². The zero-order chi connectivity index (χ0) is 9.68. The smallest absolute Gasteiger partial charge is 0.211 e. The molecule has 3 nitrogen and oxygen atoms in total. The van der Waals surface area contributed by atoms with Gasteiger partial charge in [-0.15, -0.1) is 0 Å². The molecule has 13 heavy (non-hydrogen) atoms. The molecule has 0 aliphatic heterocycles. The summed E-state index contributed by atoms with van der Waals surface area (Å²) in [4.78, 5) is 10.2. The lowest BCUT2D eigenvalue weighted by atomic mass is 10.3. The van der Waals surface area contributed by atoms with Crippen molar-refractivity contribution in [3.8, 4) is 5.75 Å². The minimum Gasteiger partial charge on any atom is -0.492 e. The molecule has 1 N–H and O–H groups in total. The quantitative estimate of drug-likeness (QED) is 0.756. The summed E-state index contributed by atoms with van der Waals surface area (Å²) in [5.74, 6) is 0.624. The lowest BCUT2D eigenvalue weighted by Crippen LogP contribution is -1.99. The van der Waals surface area contributed by atoms with Gasteiger partial charge in [0.1, 0.15) is 5.75 Å². The summed E-state index contributed by atoms with van der Waals surface area (Å²) >= 11 is 5.74. The predicted octanol–water partition coefficient (Wildman–Crippen LogP) is 2.31. The molecule has 0 saturated heterocycles. The first-order chi connectivity index (χ1) is 6.27. The van der Waals surface area contributed by atoms with E-state index >= 15 is 0 Å². The van der Waals surface area contributed by atoms with Gasteiger partial charge in [0, 0.05) is 5.02 Å². The Morgan fingerprint density at radius 3 is 3.00 bits per heavy atom. The van der Waals surface area contributed by atoms with Gasteiger partial charge >= 0.3 is 0 Å². The fraction of sp³-hybridized carbons (Fsp3) is 0.222. The van der Waals surface area contributed by atoms with E-state index in [-0.39, 0.29) is 0 Å². The highest BCUT2D eigenvalue weighted by molar-refractivity contribution is 6.31. The third-order valence-corrected chi connectivity index (χ3v) is 1.69. The Morgan fingerprint density at radius 2 is 2.38 bits per heavy atom. The molecule has 0 bridgehead atoms. The van der Waals surface area contributed by atoms with Crippen LogP contribution in [0.3, 0.4) is 0 Å². The second kappa shape index (κ2) is 4.72. The van der Waals surface area contributed by atoms with Crippen LogP contribution in [0, 0.1) is 0 Å². The molecule has 0 atom stereocenters. The summed E-state index contributed by atoms with van der Waals surface area (Å²) in [7, 11) is 0. The highest BCUT2D eigenvalue weighted by Crippen LogP contribution is 2.27. The van der Waals surface area contributed by atoms with Gasteiger partial charge in [0.2, 0.25) is 6.41 Å². The zero-order valence-electron chi connectivity index (χ0n) is 7.21. The number of carbonyl (C=O) groups excluding carboxylic acids is 1. The molecular weight excluding hydrogens is 190 g/mol. The summed E-state index contributed by atoms with van der Waals surface area (Å²) in [6, 6.07) is 5.07. The number of rotatable bonds is 4. The van der Waals surface area contributed by atoms with E-state index in [1.165, 1.54) is 0 Å². The van der Waals surface area contributed by atoms with Crippen molar-refractivity contribution in [2.45, 2.75) is 6.92 Å². The summed E-state index contributed by atoms with van der Waals surface area (Å²) in [6.07, 6.45) is 0.591. The van der Waals surface area contributed by atoms with Crippen molar-refractivity contribution in [2.24, 2.45) is 0 Å². The Balaban J connectivity index is 2.95. The van der Waals surface area contributed by atoms with Gasteiger partial charge in [-0.25, -0.2) is 0 Å². The van der Waals surface area contributed by atoms with Crippen LogP contribution < -0.4 is 10.1 Å². The Bertz CT molecular complexity index is 302. The van der Waals surface area contributed by atoms with Gasteiger partial charge in [0.05, 0.1) is 12.3 Å². The Hall–Kier alpha value is -1.22. The topological polar surface area (TPSA) is 38.3 Å². The monoisotopic (exact) mass is 199 g/mol. The Labute approximate surface area is 81.7 Å². The Morgan fingerprint density at radius 1 is 1.62 bits per heavy atom. The van der Waals surface area contributed by atoms with Gasteiger partial charge in [-0.1, -0.05) is 11.6 Å². The zero-order valence-corrected chi connectivity index (χ0v) is 7.97. The van der Waals surface area contributed by atoms with Crippen LogP contribution >= 0.6 is 11.6 Å². The van der Waals surface area contributed by atoms with Crippen LogP contribution in [-0.4, -0.2) is 13.0 Å². The standard InChI is InChI=1S/C9H10ClNO2/c1-2-13-9-4-3-7(10)5-8(9)11-6-12/h3-6H,2H2,1H3,(H,11,12). The fourth-order valence-electron chi connectivity index (χ4n) is 0.960. The van der Waals surface area contributed by atoms with Gasteiger partial charge < -0.3 is 10.1 Å². The van der Waals surface area contributed by atoms with Crippen molar-refractivity contribution in [3.05, 3.63) is 23.2 Å². The van der Waals surface area contributed by atoms with Crippen LogP contribution in [-0.2, 0) is 4.79 Å². The van der Waals surface area contributed by atoms with Crippen LogP contribution in [0.15, 0.2) is 18.2 Å². The molecule has 4 heteroatoms. The van der Waals surface area contributed by atoms with Crippen molar-refractivity contribution in [1.82, 2.24) is 0 Å². The molecule has 0 aliphatic carbocycles. The van der Waals surface area contributed by atoms with Crippen molar-refractivity contribution < 1.29 is 9.53 Å². The molecule has 1 aromatic carbocycles. The van der Waals surface area contributed by atoms with Gasteiger partial charge in [0.25, 0.3) is 0 Å². The molecule has 0 fully saturated rings. The molecule has 0 saturated carbocycles. The Kier molecular flexibility index (Phi) is 3.58. The van der Waals surface area contributed by atoms with E-state index < -0.39 is 0 Å². The van der Waals surface area contributed by atoms with Crippen LogP contribution in [0.4, 0.5) is 5.69 Å². The molecule has 70 valence electrons. The van der Waals surface area contributed by atoms with E-state index in [0.717, 1.165) is 0 Å². The molecular formula is C9H10ClNO2. The van der Waals surface area contributed by atoms with Gasteiger partial charge in [0.15, 0.2) is 0 Å². The van der Waals surface area contributed by atoms with Crippen molar-refractivity contribution in [1.29, 1.82) is 0 Å². The third kappa shape index (κ3) is 2.63. The van der Waals surface area contributed by atoms with Gasteiger partial charge in [-0.3, -0.25) is 4.79 Å². The lowest BCUT2D eigenvalue weighted by molar-refractivity contribution is -0.105. The predicted molar refractivity (Wildman–Crippen MR) is 52.3 cm³/mol. The molecule has 1 amide bonds. The first kappa shape index (κ1) is 9.86. The first-order valence-corrected chi connectivity index (χ1v) is 4.28. The summed E-state index contributed by atoms with van der Waals surface area (Å²) in [6.45, 7) is 2.43. The number of nitrogens with one attached hydrogen (secondary N) is 1. The molecule has 0 aromatic heterocycles. The van der Waals surface area contributed by atoms with E-state index in [4.69, 9.17) is 16.3 Å². The largest absolute Gasteiger partial charge is 0.492 e. The first-order valence-electron chi connectivity index (χ1n) is 3.90. The van der Waals surface area contributed by atoms with E-state index in [9.17, 15) is 4.79 Å². The average molecular weight is 200 g/mol. The van der Waals surface area contributed by atoms with Gasteiger partial charge in [-0.2, -0.15) is 0 Å². The second-order valence-corrected chi connectivity index (χ2v) is 2.77. The minimum absolute atomic E-state index is 0.551. The molecule has 0 radical (unpaired) electrons. The van der Waals surface area contributed by atoms with E-state index in [1.54, 1.807) is 18.2 Å². The minimum atomic E-state index is 0.551. The number of hydrogen-bond donors (Lipinski definition) is 1. The van der Waals surface area contributed by atoms with E-state index in [2.05, 4.69) is 5.32 Å². The normalized spacial score (nSPS) is 9.38. The fourth-order valence-corrected chi connectivity index (χ4v) is 1.13. The average Bonchev–Trinajstić information content (AvgIpc) is 2.10. The summed E-state index contributed by atoms with van der Waals surface area (Å²) in [5, 5.41) is 3.07. The molecule has 0 aliphatic rings. The molecule has 1 aromatic rings. The number of hydrogen-bond acceptors (Lipinski definition) is 2. The van der Waals surface area contributed by atoms with Gasteiger partial charge in [-0.05, 0) is 25.1 Å². The maximum Gasteiger partial charge on any atom is 0.211 e. The second-order valence-electron chi connectivity index (χ2n) is 2.34. The van der Waals surface area contributed by atoms with Crippen molar-refractivity contribution in [2.75, 3.05) is 11.9 Å². The highest BCUT2D eigenvalue weighted by atomic mass is 35.5.